The van der Waals surface area contributed by atoms with E-state index in [9.17, 15) is 0 Å². The third kappa shape index (κ3) is 4.90. The van der Waals surface area contributed by atoms with E-state index in [-0.39, 0.29) is 0 Å². The number of rotatable bonds is 5. The second-order valence-corrected chi connectivity index (χ2v) is 13.6. The van der Waals surface area contributed by atoms with Gasteiger partial charge in [0.1, 0.15) is 11.2 Å². The van der Waals surface area contributed by atoms with Crippen molar-refractivity contribution in [3.05, 3.63) is 182 Å². The molecule has 0 fully saturated rings. The Labute approximate surface area is 310 Å². The lowest BCUT2D eigenvalue weighted by Gasteiger charge is -2.11. The first-order valence-electron chi connectivity index (χ1n) is 18.1. The van der Waals surface area contributed by atoms with E-state index in [1.54, 1.807) is 0 Å². The van der Waals surface area contributed by atoms with Crippen LogP contribution in [0.15, 0.2) is 186 Å². The van der Waals surface area contributed by atoms with Crippen LogP contribution in [0.5, 0.6) is 0 Å². The van der Waals surface area contributed by atoms with Crippen LogP contribution in [0.25, 0.3) is 105 Å². The predicted octanol–water partition coefficient (Wildman–Crippen LogP) is 12.7. The van der Waals surface area contributed by atoms with Crippen LogP contribution in [0.1, 0.15) is 0 Å². The Kier molecular flexibility index (Phi) is 6.79. The Morgan fingerprint density at radius 3 is 1.65 bits per heavy atom. The van der Waals surface area contributed by atoms with Gasteiger partial charge in [0.15, 0.2) is 17.5 Å². The lowest BCUT2D eigenvalue weighted by molar-refractivity contribution is 0.669. The number of aromatic nitrogens is 4. The highest BCUT2D eigenvalue weighted by molar-refractivity contribution is 6.14. The molecule has 0 atom stereocenters. The molecular formula is C49H30N4O. The number of hydrogen-bond acceptors (Lipinski definition) is 4. The summed E-state index contributed by atoms with van der Waals surface area (Å²) in [5.74, 6) is 1.82. The summed E-state index contributed by atoms with van der Waals surface area (Å²) in [6.07, 6.45) is 0. The number of benzene rings is 8. The van der Waals surface area contributed by atoms with Gasteiger partial charge < -0.3 is 8.98 Å². The van der Waals surface area contributed by atoms with Crippen molar-refractivity contribution in [2.45, 2.75) is 0 Å². The molecule has 0 bridgehead atoms. The maximum atomic E-state index is 6.87. The van der Waals surface area contributed by atoms with Crippen LogP contribution in [0, 0.1) is 0 Å². The van der Waals surface area contributed by atoms with Crippen LogP contribution in [0.2, 0.25) is 0 Å². The molecule has 0 radical (unpaired) electrons. The Bertz CT molecular complexity index is 3110. The van der Waals surface area contributed by atoms with Crippen LogP contribution >= 0.6 is 0 Å². The van der Waals surface area contributed by atoms with Gasteiger partial charge >= 0.3 is 0 Å². The Hall–Kier alpha value is -7.37. The van der Waals surface area contributed by atoms with E-state index in [0.29, 0.717) is 17.5 Å². The van der Waals surface area contributed by atoms with Crippen molar-refractivity contribution in [2.75, 3.05) is 0 Å². The summed E-state index contributed by atoms with van der Waals surface area (Å²) in [7, 11) is 0. The van der Waals surface area contributed by atoms with Crippen molar-refractivity contribution < 1.29 is 4.42 Å². The minimum absolute atomic E-state index is 0.588. The van der Waals surface area contributed by atoms with Gasteiger partial charge in [0.25, 0.3) is 0 Å². The van der Waals surface area contributed by atoms with Gasteiger partial charge in [-0.2, -0.15) is 0 Å². The van der Waals surface area contributed by atoms with E-state index in [1.807, 2.05) is 60.7 Å². The highest BCUT2D eigenvalue weighted by Gasteiger charge is 2.21. The van der Waals surface area contributed by atoms with E-state index < -0.39 is 0 Å². The summed E-state index contributed by atoms with van der Waals surface area (Å²) < 4.78 is 9.19. The summed E-state index contributed by atoms with van der Waals surface area (Å²) >= 11 is 0. The molecule has 0 saturated heterocycles. The van der Waals surface area contributed by atoms with E-state index in [2.05, 4.69) is 126 Å². The fraction of sp³-hybridized carbons (Fsp3) is 0. The number of furan rings is 1. The summed E-state index contributed by atoms with van der Waals surface area (Å²) in [4.78, 5) is 15.3. The molecule has 0 aliphatic carbocycles. The largest absolute Gasteiger partial charge is 0.456 e. The van der Waals surface area contributed by atoms with Crippen molar-refractivity contribution in [3.8, 4) is 51.0 Å². The van der Waals surface area contributed by atoms with E-state index in [1.165, 1.54) is 21.5 Å². The lowest BCUT2D eigenvalue weighted by Crippen LogP contribution is -2.00. The molecular weight excluding hydrogens is 661 g/mol. The molecule has 0 spiro atoms. The fourth-order valence-corrected chi connectivity index (χ4v) is 7.87. The lowest BCUT2D eigenvalue weighted by atomic mass is 9.96. The van der Waals surface area contributed by atoms with Gasteiger partial charge in [-0.1, -0.05) is 133 Å². The molecule has 0 amide bonds. The summed E-state index contributed by atoms with van der Waals surface area (Å²) in [6, 6.07) is 63.3. The van der Waals surface area contributed by atoms with E-state index >= 15 is 0 Å². The van der Waals surface area contributed by atoms with Crippen molar-refractivity contribution in [2.24, 2.45) is 0 Å². The van der Waals surface area contributed by atoms with E-state index in [0.717, 1.165) is 66.5 Å². The molecule has 252 valence electrons. The van der Waals surface area contributed by atoms with Crippen molar-refractivity contribution in [1.29, 1.82) is 0 Å². The first-order valence-corrected chi connectivity index (χ1v) is 18.1. The Morgan fingerprint density at radius 2 is 0.963 bits per heavy atom. The third-order valence-corrected chi connectivity index (χ3v) is 10.4. The molecule has 3 aromatic heterocycles. The molecule has 0 aliphatic rings. The van der Waals surface area contributed by atoms with Gasteiger partial charge in [-0.15, -0.1) is 0 Å². The Balaban J connectivity index is 1.19. The molecule has 54 heavy (non-hydrogen) atoms. The number of hydrogen-bond donors (Lipinski definition) is 0. The third-order valence-electron chi connectivity index (χ3n) is 10.4. The second kappa shape index (κ2) is 12.1. The molecule has 8 aromatic carbocycles. The second-order valence-electron chi connectivity index (χ2n) is 13.6. The molecule has 5 heteroatoms. The average Bonchev–Trinajstić information content (AvgIpc) is 3.79. The predicted molar refractivity (Wildman–Crippen MR) is 221 cm³/mol. The first kappa shape index (κ1) is 30.3. The van der Waals surface area contributed by atoms with Crippen LogP contribution in [0.4, 0.5) is 0 Å². The number of nitrogens with zero attached hydrogens (tertiary/aromatic N) is 4. The molecule has 0 aliphatic heterocycles. The minimum atomic E-state index is 0.588. The van der Waals surface area contributed by atoms with Gasteiger partial charge in [-0.25, -0.2) is 15.0 Å². The number of para-hydroxylation sites is 2. The van der Waals surface area contributed by atoms with Crippen LogP contribution in [-0.2, 0) is 0 Å². The highest BCUT2D eigenvalue weighted by Crippen LogP contribution is 2.42. The summed E-state index contributed by atoms with van der Waals surface area (Å²) in [5, 5.41) is 6.78. The van der Waals surface area contributed by atoms with Crippen LogP contribution < -0.4 is 0 Å². The van der Waals surface area contributed by atoms with Gasteiger partial charge in [-0.3, -0.25) is 0 Å². The fourth-order valence-electron chi connectivity index (χ4n) is 7.87. The maximum Gasteiger partial charge on any atom is 0.164 e. The normalized spacial score (nSPS) is 11.7. The van der Waals surface area contributed by atoms with Gasteiger partial charge in [0, 0.05) is 50.0 Å². The molecule has 0 N–H and O–H groups in total. The topological polar surface area (TPSA) is 56.7 Å². The van der Waals surface area contributed by atoms with Gasteiger partial charge in [-0.05, 0) is 64.4 Å². The molecule has 0 unspecified atom stereocenters. The molecule has 0 saturated carbocycles. The first-order chi connectivity index (χ1) is 26.7. The SMILES string of the molecule is c1ccc(-c2nc(-c3ccccc3)nc(-c3cc(-c4ccc5ccccc5c4)cc4oc5cc(-n6c7ccccc7c7ccccc76)ccc5c34)n2)cc1. The summed E-state index contributed by atoms with van der Waals surface area (Å²) in [6.45, 7) is 0. The van der Waals surface area contributed by atoms with E-state index in [4.69, 9.17) is 19.4 Å². The van der Waals surface area contributed by atoms with Gasteiger partial charge in [0.05, 0.1) is 11.0 Å². The standard InChI is InChI=1S/C49H30N4O/c1-3-14-32(15-4-1)47-50-48(33-16-5-2-6-17-33)52-49(51-47)41-28-36(35-24-23-31-13-7-8-18-34(31)27-35)29-45-46(41)40-26-25-37(30-44(40)54-45)53-42-21-11-9-19-38(42)39-20-10-12-22-43(39)53/h1-30H. The van der Waals surface area contributed by atoms with Crippen LogP contribution in [0.3, 0.4) is 0 Å². The van der Waals surface area contributed by atoms with Crippen molar-refractivity contribution in [3.63, 3.8) is 0 Å². The molecule has 3 heterocycles. The minimum Gasteiger partial charge on any atom is -0.456 e. The monoisotopic (exact) mass is 690 g/mol. The Morgan fingerprint density at radius 1 is 0.370 bits per heavy atom. The van der Waals surface area contributed by atoms with Gasteiger partial charge in [0.2, 0.25) is 0 Å². The maximum absolute atomic E-state index is 6.87. The van der Waals surface area contributed by atoms with Crippen molar-refractivity contribution >= 4 is 54.5 Å². The quantitative estimate of drug-likeness (QED) is 0.180. The smallest absolute Gasteiger partial charge is 0.164 e. The molecule has 11 rings (SSSR count). The zero-order valence-electron chi connectivity index (χ0n) is 29.0. The number of fused-ring (bicyclic) bond motifs is 7. The average molecular weight is 691 g/mol. The highest BCUT2D eigenvalue weighted by atomic mass is 16.3. The molecule has 5 nitrogen and oxygen atoms in total. The van der Waals surface area contributed by atoms with Crippen molar-refractivity contribution in [1.82, 2.24) is 19.5 Å². The zero-order chi connectivity index (χ0) is 35.6. The zero-order valence-corrected chi connectivity index (χ0v) is 29.0. The van der Waals surface area contributed by atoms with Crippen LogP contribution in [-0.4, -0.2) is 19.5 Å². The summed E-state index contributed by atoms with van der Waals surface area (Å²) in [5.41, 5.74) is 9.75. The molecule has 11 aromatic rings.